The molecule has 18 heavy (non-hydrogen) atoms. The summed E-state index contributed by atoms with van der Waals surface area (Å²) in [6.07, 6.45) is 4.83. The minimum atomic E-state index is 0.107. The fraction of sp³-hybridized carbons (Fsp3) is 0.533. The summed E-state index contributed by atoms with van der Waals surface area (Å²) in [5, 5.41) is 7.45. The van der Waals surface area contributed by atoms with Crippen LogP contribution in [-0.4, -0.2) is 12.4 Å². The third-order valence-electron chi connectivity index (χ3n) is 3.02. The number of hydrogen-bond donors (Lipinski definition) is 2. The first-order valence-electron chi connectivity index (χ1n) is 6.64. The van der Waals surface area contributed by atoms with Gasteiger partial charge in [-0.3, -0.25) is 5.41 Å². The molecular weight excluding hydrogens is 224 g/mol. The third-order valence-corrected chi connectivity index (χ3v) is 3.02. The minimum Gasteiger partial charge on any atom is -0.493 e. The lowest BCUT2D eigenvalue weighted by molar-refractivity contribution is 0.301. The molecule has 100 valence electrons. The number of unbranched alkanes of at least 4 members (excludes halogenated alkanes) is 3. The highest BCUT2D eigenvalue weighted by molar-refractivity contribution is 5.95. The summed E-state index contributed by atoms with van der Waals surface area (Å²) in [4.78, 5) is 0. The van der Waals surface area contributed by atoms with E-state index in [9.17, 15) is 0 Å². The molecule has 0 spiro atoms. The first kappa shape index (κ1) is 14.6. The molecule has 1 aromatic rings. The van der Waals surface area contributed by atoms with Crippen LogP contribution in [0.4, 0.5) is 0 Å². The Hall–Kier alpha value is -1.51. The molecule has 0 unspecified atom stereocenters. The van der Waals surface area contributed by atoms with E-state index >= 15 is 0 Å². The van der Waals surface area contributed by atoms with Crippen molar-refractivity contribution in [2.24, 2.45) is 5.73 Å². The molecule has 0 saturated carbocycles. The van der Waals surface area contributed by atoms with Gasteiger partial charge in [0.25, 0.3) is 0 Å². The first-order chi connectivity index (χ1) is 8.56. The highest BCUT2D eigenvalue weighted by atomic mass is 16.5. The number of nitrogen functional groups attached to an aromatic ring is 1. The van der Waals surface area contributed by atoms with Gasteiger partial charge < -0.3 is 10.5 Å². The topological polar surface area (TPSA) is 59.1 Å². The monoisotopic (exact) mass is 248 g/mol. The third kappa shape index (κ3) is 4.06. The number of ether oxygens (including phenoxy) is 1. The molecule has 0 aliphatic heterocycles. The van der Waals surface area contributed by atoms with Gasteiger partial charge in [0, 0.05) is 5.56 Å². The summed E-state index contributed by atoms with van der Waals surface area (Å²) in [5.74, 6) is 1.05. The van der Waals surface area contributed by atoms with Gasteiger partial charge in [0.2, 0.25) is 0 Å². The molecule has 3 N–H and O–H groups in total. The molecule has 1 aromatic carbocycles. The quantitative estimate of drug-likeness (QED) is 0.440. The Morgan fingerprint density at radius 1 is 1.17 bits per heavy atom. The SMILES string of the molecule is CCCCCCOc1c(C)cc(C(=N)N)cc1C. The predicted octanol–water partition coefficient (Wildman–Crippen LogP) is 3.55. The van der Waals surface area contributed by atoms with E-state index in [0.29, 0.717) is 0 Å². The second-order valence-corrected chi connectivity index (χ2v) is 4.76. The van der Waals surface area contributed by atoms with Crippen LogP contribution in [0.25, 0.3) is 0 Å². The molecule has 0 aliphatic rings. The number of nitrogens with two attached hydrogens (primary N) is 1. The van der Waals surface area contributed by atoms with Gasteiger partial charge in [0.15, 0.2) is 0 Å². The number of benzene rings is 1. The average molecular weight is 248 g/mol. The van der Waals surface area contributed by atoms with E-state index in [4.69, 9.17) is 15.9 Å². The lowest BCUT2D eigenvalue weighted by Gasteiger charge is -2.13. The summed E-state index contributed by atoms with van der Waals surface area (Å²) in [5.41, 5.74) is 8.37. The molecule has 0 fully saturated rings. The van der Waals surface area contributed by atoms with Gasteiger partial charge in [-0.2, -0.15) is 0 Å². The molecule has 0 saturated heterocycles. The molecule has 1 rings (SSSR count). The molecule has 3 heteroatoms. The molecular formula is C15H24N2O. The average Bonchev–Trinajstić information content (AvgIpc) is 2.31. The van der Waals surface area contributed by atoms with E-state index in [1.54, 1.807) is 0 Å². The summed E-state index contributed by atoms with van der Waals surface area (Å²) in [6.45, 7) is 6.97. The van der Waals surface area contributed by atoms with Crippen molar-refractivity contribution in [3.8, 4) is 5.75 Å². The van der Waals surface area contributed by atoms with Crippen molar-refractivity contribution in [2.45, 2.75) is 46.5 Å². The number of aryl methyl sites for hydroxylation is 2. The summed E-state index contributed by atoms with van der Waals surface area (Å²) >= 11 is 0. The Labute approximate surface area is 110 Å². The largest absolute Gasteiger partial charge is 0.493 e. The van der Waals surface area contributed by atoms with E-state index in [0.717, 1.165) is 35.5 Å². The number of rotatable bonds is 7. The van der Waals surface area contributed by atoms with Crippen LogP contribution in [-0.2, 0) is 0 Å². The maximum atomic E-state index is 7.45. The predicted molar refractivity (Wildman–Crippen MR) is 76.6 cm³/mol. The van der Waals surface area contributed by atoms with Crippen molar-refractivity contribution in [3.05, 3.63) is 28.8 Å². The fourth-order valence-corrected chi connectivity index (χ4v) is 2.04. The van der Waals surface area contributed by atoms with Gasteiger partial charge in [-0.1, -0.05) is 26.2 Å². The van der Waals surface area contributed by atoms with E-state index in [-0.39, 0.29) is 5.84 Å². The zero-order chi connectivity index (χ0) is 13.5. The number of hydrogen-bond acceptors (Lipinski definition) is 2. The Morgan fingerprint density at radius 2 is 1.78 bits per heavy atom. The number of amidine groups is 1. The van der Waals surface area contributed by atoms with Gasteiger partial charge in [0.1, 0.15) is 11.6 Å². The molecule has 0 radical (unpaired) electrons. The second kappa shape index (κ2) is 7.04. The summed E-state index contributed by atoms with van der Waals surface area (Å²) < 4.78 is 5.84. The molecule has 0 aromatic heterocycles. The van der Waals surface area contributed by atoms with Gasteiger partial charge in [0.05, 0.1) is 6.61 Å². The molecule has 0 atom stereocenters. The molecule has 0 amide bonds. The first-order valence-corrected chi connectivity index (χ1v) is 6.64. The lowest BCUT2D eigenvalue weighted by atomic mass is 10.1. The van der Waals surface area contributed by atoms with Crippen LogP contribution in [0.3, 0.4) is 0 Å². The van der Waals surface area contributed by atoms with Gasteiger partial charge in [-0.05, 0) is 43.5 Å². The van der Waals surface area contributed by atoms with E-state index < -0.39 is 0 Å². The van der Waals surface area contributed by atoms with E-state index in [2.05, 4.69) is 6.92 Å². The maximum absolute atomic E-state index is 7.45. The van der Waals surface area contributed by atoms with Gasteiger partial charge in [-0.15, -0.1) is 0 Å². The van der Waals surface area contributed by atoms with Crippen LogP contribution in [0.2, 0.25) is 0 Å². The van der Waals surface area contributed by atoms with Crippen molar-refractivity contribution in [3.63, 3.8) is 0 Å². The Kier molecular flexibility index (Phi) is 5.69. The van der Waals surface area contributed by atoms with E-state index in [1.165, 1.54) is 19.3 Å². The standard InChI is InChI=1S/C15H24N2O/c1-4-5-6-7-8-18-14-11(2)9-13(15(16)17)10-12(14)3/h9-10H,4-8H2,1-3H3,(H3,16,17). The normalized spacial score (nSPS) is 10.4. The van der Waals surface area contributed by atoms with Crippen LogP contribution >= 0.6 is 0 Å². The zero-order valence-corrected chi connectivity index (χ0v) is 11.7. The van der Waals surface area contributed by atoms with Crippen LogP contribution in [0.15, 0.2) is 12.1 Å². The van der Waals surface area contributed by atoms with Crippen molar-refractivity contribution in [1.82, 2.24) is 0 Å². The maximum Gasteiger partial charge on any atom is 0.125 e. The molecule has 0 bridgehead atoms. The van der Waals surface area contributed by atoms with Crippen LogP contribution < -0.4 is 10.5 Å². The summed E-state index contributed by atoms with van der Waals surface area (Å²) in [7, 11) is 0. The highest BCUT2D eigenvalue weighted by Gasteiger charge is 2.07. The number of nitrogens with one attached hydrogen (secondary N) is 1. The van der Waals surface area contributed by atoms with Crippen molar-refractivity contribution < 1.29 is 4.74 Å². The van der Waals surface area contributed by atoms with Crippen molar-refractivity contribution >= 4 is 5.84 Å². The minimum absolute atomic E-state index is 0.107. The smallest absolute Gasteiger partial charge is 0.125 e. The lowest BCUT2D eigenvalue weighted by Crippen LogP contribution is -2.12. The van der Waals surface area contributed by atoms with Crippen molar-refractivity contribution in [1.29, 1.82) is 5.41 Å². The van der Waals surface area contributed by atoms with Crippen LogP contribution in [0.1, 0.15) is 49.3 Å². The Bertz CT molecular complexity index is 390. The van der Waals surface area contributed by atoms with Gasteiger partial charge >= 0.3 is 0 Å². The molecule has 3 nitrogen and oxygen atoms in total. The zero-order valence-electron chi connectivity index (χ0n) is 11.7. The van der Waals surface area contributed by atoms with Crippen LogP contribution in [0, 0.1) is 19.3 Å². The van der Waals surface area contributed by atoms with Crippen LogP contribution in [0.5, 0.6) is 5.75 Å². The summed E-state index contributed by atoms with van der Waals surface area (Å²) in [6, 6.07) is 3.83. The Balaban J connectivity index is 2.63. The fourth-order valence-electron chi connectivity index (χ4n) is 2.04. The molecule has 0 aliphatic carbocycles. The van der Waals surface area contributed by atoms with E-state index in [1.807, 2.05) is 26.0 Å². The molecule has 0 heterocycles. The van der Waals surface area contributed by atoms with Crippen molar-refractivity contribution in [2.75, 3.05) is 6.61 Å². The Morgan fingerprint density at radius 3 is 2.28 bits per heavy atom. The highest BCUT2D eigenvalue weighted by Crippen LogP contribution is 2.25. The van der Waals surface area contributed by atoms with Gasteiger partial charge in [-0.25, -0.2) is 0 Å². The second-order valence-electron chi connectivity index (χ2n) is 4.76.